The first-order valence-corrected chi connectivity index (χ1v) is 7.04. The number of hydrogen-bond acceptors (Lipinski definition) is 3. The lowest BCUT2D eigenvalue weighted by Crippen LogP contribution is -2.48. The molecule has 17 heavy (non-hydrogen) atoms. The molecule has 1 aliphatic heterocycles. The number of nitrogens with two attached hydrogens (primary N) is 1. The summed E-state index contributed by atoms with van der Waals surface area (Å²) in [6, 6.07) is 9.31. The molecular formula is C13H16IN3. The molecule has 0 spiro atoms. The summed E-state index contributed by atoms with van der Waals surface area (Å²) < 4.78 is 1.26. The molecule has 2 aliphatic rings. The van der Waals surface area contributed by atoms with E-state index in [1.54, 1.807) is 0 Å². The fraction of sp³-hybridized carbons (Fsp3) is 0.462. The zero-order chi connectivity index (χ0) is 12.0. The number of guanidine groups is 1. The Morgan fingerprint density at radius 2 is 2.00 bits per heavy atom. The monoisotopic (exact) mass is 341 g/mol. The predicted octanol–water partition coefficient (Wildman–Crippen LogP) is 2.30. The summed E-state index contributed by atoms with van der Waals surface area (Å²) in [5.74, 6) is 0.716. The van der Waals surface area contributed by atoms with Gasteiger partial charge in [-0.3, -0.25) is 4.99 Å². The molecule has 1 aromatic carbocycles. The molecule has 1 heterocycles. The third-order valence-electron chi connectivity index (χ3n) is 3.71. The van der Waals surface area contributed by atoms with Gasteiger partial charge in [0.15, 0.2) is 5.96 Å². The van der Waals surface area contributed by atoms with Crippen LogP contribution in [0.3, 0.4) is 0 Å². The lowest BCUT2D eigenvalue weighted by molar-refractivity contribution is 0.216. The molecule has 1 aromatic rings. The van der Waals surface area contributed by atoms with Gasteiger partial charge in [0.25, 0.3) is 0 Å². The molecule has 0 bridgehead atoms. The predicted molar refractivity (Wildman–Crippen MR) is 77.9 cm³/mol. The fourth-order valence-corrected chi connectivity index (χ4v) is 2.96. The minimum Gasteiger partial charge on any atom is -0.370 e. The molecule has 3 rings (SSSR count). The van der Waals surface area contributed by atoms with Gasteiger partial charge in [0.1, 0.15) is 0 Å². The molecule has 2 N–H and O–H groups in total. The molecule has 0 amide bonds. The van der Waals surface area contributed by atoms with Crippen LogP contribution in [-0.4, -0.2) is 23.4 Å². The van der Waals surface area contributed by atoms with Crippen molar-refractivity contribution in [2.75, 3.05) is 6.54 Å². The number of rotatable bonds is 2. The third-order valence-corrected chi connectivity index (χ3v) is 4.42. The van der Waals surface area contributed by atoms with Crippen LogP contribution in [0.5, 0.6) is 0 Å². The second-order valence-electron chi connectivity index (χ2n) is 5.06. The van der Waals surface area contributed by atoms with Crippen molar-refractivity contribution in [2.45, 2.75) is 31.3 Å². The average Bonchev–Trinajstić information content (AvgIpc) is 3.08. The Balaban J connectivity index is 1.97. The Hall–Kier alpha value is -0.780. The normalized spacial score (nSPS) is 28.4. The van der Waals surface area contributed by atoms with Gasteiger partial charge in [0, 0.05) is 9.61 Å². The minimum absolute atomic E-state index is 0.0460. The van der Waals surface area contributed by atoms with Crippen LogP contribution < -0.4 is 5.73 Å². The highest BCUT2D eigenvalue weighted by Crippen LogP contribution is 2.41. The van der Waals surface area contributed by atoms with Gasteiger partial charge >= 0.3 is 0 Å². The van der Waals surface area contributed by atoms with Crippen LogP contribution in [-0.2, 0) is 5.54 Å². The highest BCUT2D eigenvalue weighted by Gasteiger charge is 2.46. The number of nitrogens with zero attached hydrogens (tertiary/aromatic N) is 2. The van der Waals surface area contributed by atoms with Gasteiger partial charge in [-0.15, -0.1) is 0 Å². The van der Waals surface area contributed by atoms with Crippen LogP contribution in [0.2, 0.25) is 0 Å². The SMILES string of the molecule is CC1(c2ccc(I)cc2)CN=C(N)N1C1CC1. The van der Waals surface area contributed by atoms with Gasteiger partial charge in [-0.25, -0.2) is 0 Å². The van der Waals surface area contributed by atoms with Crippen molar-refractivity contribution in [3.63, 3.8) is 0 Å². The van der Waals surface area contributed by atoms with E-state index in [9.17, 15) is 0 Å². The zero-order valence-corrected chi connectivity index (χ0v) is 12.0. The summed E-state index contributed by atoms with van der Waals surface area (Å²) in [5.41, 5.74) is 7.31. The van der Waals surface area contributed by atoms with Gasteiger partial charge in [0.2, 0.25) is 0 Å². The van der Waals surface area contributed by atoms with Crippen LogP contribution in [0.1, 0.15) is 25.3 Å². The first-order valence-electron chi connectivity index (χ1n) is 5.96. The fourth-order valence-electron chi connectivity index (χ4n) is 2.60. The van der Waals surface area contributed by atoms with Crippen molar-refractivity contribution in [2.24, 2.45) is 10.7 Å². The maximum atomic E-state index is 6.04. The van der Waals surface area contributed by atoms with Crippen molar-refractivity contribution in [1.29, 1.82) is 0 Å². The Bertz CT molecular complexity index is 464. The first kappa shape index (κ1) is 11.3. The summed E-state index contributed by atoms with van der Waals surface area (Å²) in [7, 11) is 0. The van der Waals surface area contributed by atoms with E-state index in [0.717, 1.165) is 6.54 Å². The second kappa shape index (κ2) is 3.86. The van der Waals surface area contributed by atoms with Gasteiger partial charge < -0.3 is 10.6 Å². The van der Waals surface area contributed by atoms with E-state index in [0.29, 0.717) is 12.0 Å². The van der Waals surface area contributed by atoms with Crippen LogP contribution >= 0.6 is 22.6 Å². The summed E-state index contributed by atoms with van der Waals surface area (Å²) in [6.07, 6.45) is 2.49. The number of halogens is 1. The van der Waals surface area contributed by atoms with Crippen LogP contribution in [0.25, 0.3) is 0 Å². The smallest absolute Gasteiger partial charge is 0.192 e. The van der Waals surface area contributed by atoms with Crippen LogP contribution in [0.15, 0.2) is 29.3 Å². The number of aliphatic imine (C=N–C) groups is 1. The lowest BCUT2D eigenvalue weighted by atomic mass is 9.91. The maximum Gasteiger partial charge on any atom is 0.192 e. The Morgan fingerprint density at radius 1 is 1.35 bits per heavy atom. The quantitative estimate of drug-likeness (QED) is 0.839. The van der Waals surface area contributed by atoms with Gasteiger partial charge in [-0.1, -0.05) is 12.1 Å². The molecule has 1 unspecified atom stereocenters. The van der Waals surface area contributed by atoms with Gasteiger partial charge in [0.05, 0.1) is 12.1 Å². The largest absolute Gasteiger partial charge is 0.370 e. The van der Waals surface area contributed by atoms with E-state index in [-0.39, 0.29) is 5.54 Å². The Kier molecular flexibility index (Phi) is 2.57. The molecule has 0 saturated heterocycles. The molecule has 1 atom stereocenters. The van der Waals surface area contributed by atoms with E-state index < -0.39 is 0 Å². The molecule has 90 valence electrons. The van der Waals surface area contributed by atoms with E-state index >= 15 is 0 Å². The van der Waals surface area contributed by atoms with E-state index in [4.69, 9.17) is 5.73 Å². The first-order chi connectivity index (χ1) is 8.11. The molecule has 3 nitrogen and oxygen atoms in total. The lowest BCUT2D eigenvalue weighted by Gasteiger charge is -2.37. The van der Waals surface area contributed by atoms with Gasteiger partial charge in [-0.05, 0) is 60.1 Å². The highest BCUT2D eigenvalue weighted by molar-refractivity contribution is 14.1. The Morgan fingerprint density at radius 3 is 2.59 bits per heavy atom. The number of benzene rings is 1. The third kappa shape index (κ3) is 1.82. The second-order valence-corrected chi connectivity index (χ2v) is 6.30. The molecule has 0 radical (unpaired) electrons. The van der Waals surface area contributed by atoms with Crippen LogP contribution in [0.4, 0.5) is 0 Å². The number of hydrogen-bond donors (Lipinski definition) is 1. The summed E-state index contributed by atoms with van der Waals surface area (Å²) in [5, 5.41) is 0. The average molecular weight is 341 g/mol. The molecule has 1 fully saturated rings. The molecule has 4 heteroatoms. The van der Waals surface area contributed by atoms with Crippen LogP contribution in [0, 0.1) is 3.57 Å². The van der Waals surface area contributed by atoms with E-state index in [1.165, 1.54) is 22.0 Å². The van der Waals surface area contributed by atoms with Crippen molar-refractivity contribution in [1.82, 2.24) is 4.90 Å². The topological polar surface area (TPSA) is 41.6 Å². The van der Waals surface area contributed by atoms with Crippen molar-refractivity contribution in [3.8, 4) is 0 Å². The van der Waals surface area contributed by atoms with Crippen molar-refractivity contribution >= 4 is 28.6 Å². The standard InChI is InChI=1S/C13H16IN3/c1-13(9-2-4-10(14)5-3-9)8-16-12(15)17(13)11-6-7-11/h2-5,11H,6-8H2,1H3,(H2,15,16). The van der Waals surface area contributed by atoms with E-state index in [2.05, 4.69) is 63.7 Å². The molecular weight excluding hydrogens is 325 g/mol. The zero-order valence-electron chi connectivity index (χ0n) is 9.86. The summed E-state index contributed by atoms with van der Waals surface area (Å²) in [4.78, 5) is 6.76. The summed E-state index contributed by atoms with van der Waals surface area (Å²) in [6.45, 7) is 3.02. The summed E-state index contributed by atoms with van der Waals surface area (Å²) >= 11 is 2.33. The molecule has 0 aromatic heterocycles. The highest BCUT2D eigenvalue weighted by atomic mass is 127. The molecule has 1 aliphatic carbocycles. The molecule has 1 saturated carbocycles. The Labute approximate surface area is 115 Å². The minimum atomic E-state index is -0.0460. The van der Waals surface area contributed by atoms with Crippen molar-refractivity contribution < 1.29 is 0 Å². The van der Waals surface area contributed by atoms with Crippen molar-refractivity contribution in [3.05, 3.63) is 33.4 Å². The maximum absolute atomic E-state index is 6.04. The van der Waals surface area contributed by atoms with E-state index in [1.807, 2.05) is 0 Å². The van der Waals surface area contributed by atoms with Gasteiger partial charge in [-0.2, -0.15) is 0 Å².